The SMILES string of the molecule is C=CN.CC.CC.CC(=O)Cc1ccccc1.CCN. The zero-order valence-corrected chi connectivity index (χ0v) is 14.1. The monoisotopic (exact) mass is 282 g/mol. The number of ketones is 1. The summed E-state index contributed by atoms with van der Waals surface area (Å²) in [6.45, 7) is 15.4. The molecule has 118 valence electrons. The van der Waals surface area contributed by atoms with Crippen LogP contribution in [0.1, 0.15) is 47.1 Å². The van der Waals surface area contributed by atoms with Gasteiger partial charge >= 0.3 is 0 Å². The number of hydrogen-bond acceptors (Lipinski definition) is 3. The van der Waals surface area contributed by atoms with E-state index in [4.69, 9.17) is 5.73 Å². The number of nitrogens with two attached hydrogens (primary N) is 2. The third-order valence-corrected chi connectivity index (χ3v) is 1.30. The quantitative estimate of drug-likeness (QED) is 0.863. The van der Waals surface area contributed by atoms with E-state index >= 15 is 0 Å². The molecule has 0 amide bonds. The topological polar surface area (TPSA) is 69.1 Å². The lowest BCUT2D eigenvalue weighted by atomic mass is 10.1. The normalized spacial score (nSPS) is 6.75. The van der Waals surface area contributed by atoms with Gasteiger partial charge in [-0.25, -0.2) is 0 Å². The van der Waals surface area contributed by atoms with Gasteiger partial charge in [0, 0.05) is 6.42 Å². The summed E-state index contributed by atoms with van der Waals surface area (Å²) in [5.74, 6) is 0.214. The molecule has 1 rings (SSSR count). The summed E-state index contributed by atoms with van der Waals surface area (Å²) in [5.41, 5.74) is 10.6. The Hall–Kier alpha value is -1.61. The number of carbonyl (C=O) groups is 1. The van der Waals surface area contributed by atoms with Gasteiger partial charge in [0.2, 0.25) is 0 Å². The van der Waals surface area contributed by atoms with Crippen LogP contribution in [0.2, 0.25) is 0 Å². The van der Waals surface area contributed by atoms with E-state index in [9.17, 15) is 4.79 Å². The Kier molecular flexibility index (Phi) is 40.9. The van der Waals surface area contributed by atoms with Gasteiger partial charge in [-0.05, 0) is 25.2 Å². The second-order valence-electron chi connectivity index (χ2n) is 3.01. The molecule has 1 aromatic carbocycles. The van der Waals surface area contributed by atoms with E-state index in [-0.39, 0.29) is 5.78 Å². The van der Waals surface area contributed by atoms with Crippen LogP contribution in [-0.4, -0.2) is 12.3 Å². The second kappa shape index (κ2) is 30.4. The first kappa shape index (κ1) is 26.9. The maximum Gasteiger partial charge on any atom is 0.134 e. The van der Waals surface area contributed by atoms with Gasteiger partial charge in [-0.1, -0.05) is 71.5 Å². The highest BCUT2D eigenvalue weighted by Gasteiger charge is 1.93. The zero-order valence-electron chi connectivity index (χ0n) is 14.1. The molecule has 0 aliphatic heterocycles. The van der Waals surface area contributed by atoms with E-state index < -0.39 is 0 Å². The standard InChI is InChI=1S/C9H10O.C2H7N.C2H5N.2C2H6/c1-8(10)7-9-5-3-2-4-6-9;2*1-2-3;2*1-2/h2-6H,7H2,1H3;2-3H2,1H3;2H,1,3H2;2*1-2H3. The molecule has 0 aliphatic carbocycles. The van der Waals surface area contributed by atoms with Crippen molar-refractivity contribution in [2.45, 2.75) is 48.0 Å². The summed E-state index contributed by atoms with van der Waals surface area (Å²) in [5, 5.41) is 0. The van der Waals surface area contributed by atoms with Crippen LogP contribution in [0.15, 0.2) is 43.1 Å². The molecule has 3 nitrogen and oxygen atoms in total. The molecule has 0 atom stereocenters. The highest BCUT2D eigenvalue weighted by molar-refractivity contribution is 5.78. The molecule has 0 heterocycles. The lowest BCUT2D eigenvalue weighted by Gasteiger charge is -1.93. The minimum Gasteiger partial charge on any atom is -0.405 e. The van der Waals surface area contributed by atoms with Crippen LogP contribution in [-0.2, 0) is 11.2 Å². The fourth-order valence-electron chi connectivity index (χ4n) is 0.883. The molecule has 0 aliphatic rings. The largest absolute Gasteiger partial charge is 0.405 e. The average molecular weight is 282 g/mol. The van der Waals surface area contributed by atoms with Gasteiger partial charge in [-0.3, -0.25) is 4.79 Å². The van der Waals surface area contributed by atoms with Gasteiger partial charge in [0.1, 0.15) is 5.78 Å². The van der Waals surface area contributed by atoms with Crippen LogP contribution in [0.3, 0.4) is 0 Å². The molecule has 0 saturated carbocycles. The van der Waals surface area contributed by atoms with E-state index in [1.807, 2.05) is 65.0 Å². The Labute approximate surface area is 126 Å². The number of carbonyl (C=O) groups excluding carboxylic acids is 1. The Morgan fingerprint density at radius 1 is 1.15 bits per heavy atom. The van der Waals surface area contributed by atoms with Crippen LogP contribution < -0.4 is 11.5 Å². The van der Waals surface area contributed by atoms with Gasteiger partial charge in [0.15, 0.2) is 0 Å². The highest BCUT2D eigenvalue weighted by Crippen LogP contribution is 1.98. The highest BCUT2D eigenvalue weighted by atomic mass is 16.1. The smallest absolute Gasteiger partial charge is 0.134 e. The van der Waals surface area contributed by atoms with Crippen LogP contribution >= 0.6 is 0 Å². The third kappa shape index (κ3) is 36.0. The molecule has 20 heavy (non-hydrogen) atoms. The molecule has 3 heteroatoms. The van der Waals surface area contributed by atoms with Crippen molar-refractivity contribution in [1.29, 1.82) is 0 Å². The summed E-state index contributed by atoms with van der Waals surface area (Å²) in [6, 6.07) is 9.75. The molecule has 1 aromatic rings. The third-order valence-electron chi connectivity index (χ3n) is 1.30. The van der Waals surface area contributed by atoms with Gasteiger partial charge in [-0.2, -0.15) is 0 Å². The number of Topliss-reactive ketones (excluding diaryl/α,β-unsaturated/α-hetero) is 1. The minimum atomic E-state index is 0.214. The zero-order chi connectivity index (χ0) is 16.8. The molecule has 4 N–H and O–H groups in total. The van der Waals surface area contributed by atoms with E-state index in [2.05, 4.69) is 12.3 Å². The van der Waals surface area contributed by atoms with Crippen molar-refractivity contribution < 1.29 is 4.79 Å². The first-order valence-corrected chi connectivity index (χ1v) is 7.18. The van der Waals surface area contributed by atoms with Gasteiger partial charge < -0.3 is 11.5 Å². The van der Waals surface area contributed by atoms with E-state index in [0.717, 1.165) is 12.1 Å². The molecule has 0 radical (unpaired) electrons. The molecule has 0 saturated heterocycles. The Bertz CT molecular complexity index is 272. The summed E-state index contributed by atoms with van der Waals surface area (Å²) < 4.78 is 0. The van der Waals surface area contributed by atoms with E-state index in [1.165, 1.54) is 6.20 Å². The predicted molar refractivity (Wildman–Crippen MR) is 92.6 cm³/mol. The second-order valence-corrected chi connectivity index (χ2v) is 3.01. The van der Waals surface area contributed by atoms with Crippen LogP contribution in [0, 0.1) is 0 Å². The van der Waals surface area contributed by atoms with Crippen molar-refractivity contribution in [2.24, 2.45) is 11.5 Å². The van der Waals surface area contributed by atoms with Crippen molar-refractivity contribution in [3.63, 3.8) is 0 Å². The Morgan fingerprint density at radius 3 is 1.70 bits per heavy atom. The number of benzene rings is 1. The van der Waals surface area contributed by atoms with Crippen molar-refractivity contribution >= 4 is 5.78 Å². The van der Waals surface area contributed by atoms with Crippen LogP contribution in [0.25, 0.3) is 0 Å². The Morgan fingerprint density at radius 2 is 1.45 bits per heavy atom. The van der Waals surface area contributed by atoms with Crippen LogP contribution in [0.5, 0.6) is 0 Å². The molecule has 0 unspecified atom stereocenters. The summed E-state index contributed by atoms with van der Waals surface area (Å²) in [4.78, 5) is 10.6. The molecule has 0 spiro atoms. The lowest BCUT2D eigenvalue weighted by Crippen LogP contribution is -1.94. The van der Waals surface area contributed by atoms with E-state index in [0.29, 0.717) is 6.42 Å². The van der Waals surface area contributed by atoms with Gasteiger partial charge in [0.25, 0.3) is 0 Å². The summed E-state index contributed by atoms with van der Waals surface area (Å²) >= 11 is 0. The fourth-order valence-corrected chi connectivity index (χ4v) is 0.883. The van der Waals surface area contributed by atoms with Gasteiger partial charge in [-0.15, -0.1) is 0 Å². The fraction of sp³-hybridized carbons (Fsp3) is 0.471. The molecule has 0 aromatic heterocycles. The molecular weight excluding hydrogens is 248 g/mol. The maximum atomic E-state index is 10.6. The maximum absolute atomic E-state index is 10.6. The molecule has 0 bridgehead atoms. The Balaban J connectivity index is -0.000000108. The molecule has 0 fully saturated rings. The minimum absolute atomic E-state index is 0.214. The van der Waals surface area contributed by atoms with Crippen molar-refractivity contribution in [2.75, 3.05) is 6.54 Å². The van der Waals surface area contributed by atoms with Crippen molar-refractivity contribution in [1.82, 2.24) is 0 Å². The lowest BCUT2D eigenvalue weighted by molar-refractivity contribution is -0.116. The number of hydrogen-bond donors (Lipinski definition) is 2. The summed E-state index contributed by atoms with van der Waals surface area (Å²) in [7, 11) is 0. The van der Waals surface area contributed by atoms with Crippen molar-refractivity contribution in [3.8, 4) is 0 Å². The molecular formula is C17H34N2O. The first-order chi connectivity index (χ1) is 9.62. The summed E-state index contributed by atoms with van der Waals surface area (Å²) in [6.07, 6.45) is 1.81. The first-order valence-electron chi connectivity index (χ1n) is 7.18. The number of rotatable bonds is 2. The average Bonchev–Trinajstić information content (AvgIpc) is 2.45. The van der Waals surface area contributed by atoms with E-state index in [1.54, 1.807) is 6.92 Å². The van der Waals surface area contributed by atoms with Gasteiger partial charge in [0.05, 0.1) is 0 Å². The van der Waals surface area contributed by atoms with Crippen LogP contribution in [0.4, 0.5) is 0 Å². The predicted octanol–water partition coefficient (Wildman–Crippen LogP) is 3.92. The van der Waals surface area contributed by atoms with Crippen molar-refractivity contribution in [3.05, 3.63) is 48.7 Å².